The van der Waals surface area contributed by atoms with Gasteiger partial charge in [0.1, 0.15) is 18.0 Å². The molecule has 0 bridgehead atoms. The summed E-state index contributed by atoms with van der Waals surface area (Å²) in [5.74, 6) is 1.93. The molecule has 2 aromatic heterocycles. The van der Waals surface area contributed by atoms with Crippen molar-refractivity contribution in [2.24, 2.45) is 18.9 Å². The summed E-state index contributed by atoms with van der Waals surface area (Å²) in [6, 6.07) is 13.8. The van der Waals surface area contributed by atoms with E-state index in [0.29, 0.717) is 64.4 Å². The van der Waals surface area contributed by atoms with Crippen molar-refractivity contribution in [2.45, 2.75) is 58.3 Å². The van der Waals surface area contributed by atoms with Crippen LogP contribution in [0, 0.1) is 23.2 Å². The van der Waals surface area contributed by atoms with Gasteiger partial charge in [-0.3, -0.25) is 14.6 Å². The number of nitrogens with one attached hydrogen (secondary N) is 1. The number of halogens is 3. The molecule has 4 heterocycles. The smallest absolute Gasteiger partial charge is 0.370 e. The average molecular weight is 655 g/mol. The van der Waals surface area contributed by atoms with Gasteiger partial charge in [0.15, 0.2) is 5.82 Å². The lowest BCUT2D eigenvalue weighted by molar-refractivity contribution is -0.138. The zero-order valence-corrected chi connectivity index (χ0v) is 27.0. The van der Waals surface area contributed by atoms with Gasteiger partial charge in [0.25, 0.3) is 5.91 Å². The Morgan fingerprint density at radius 3 is 2.60 bits per heavy atom. The largest absolute Gasteiger partial charge is 0.416 e. The molecule has 2 aromatic carbocycles. The highest BCUT2D eigenvalue weighted by molar-refractivity contribution is 6.10. The second-order valence-corrected chi connectivity index (χ2v) is 13.4. The van der Waals surface area contributed by atoms with Gasteiger partial charge in [0.05, 0.1) is 23.7 Å². The summed E-state index contributed by atoms with van der Waals surface area (Å²) < 4.78 is 45.4. The van der Waals surface area contributed by atoms with Crippen LogP contribution in [0.2, 0.25) is 0 Å². The van der Waals surface area contributed by atoms with E-state index in [1.807, 2.05) is 13.1 Å². The van der Waals surface area contributed by atoms with Crippen LogP contribution in [0.3, 0.4) is 0 Å². The SMILES string of the molecule is C[C@H]1CCCN(Cc2cc3c(c(C(F)(F)F)c2)CN(c2cc(-c4cc(C#N)ccc4-c4nncn4C)cc(NCCC4CC4)n2)C3=O)C1. The fourth-order valence-corrected chi connectivity index (χ4v) is 6.97. The third-order valence-corrected chi connectivity index (χ3v) is 9.61. The van der Waals surface area contributed by atoms with Gasteiger partial charge in [-0.15, -0.1) is 10.2 Å². The van der Waals surface area contributed by atoms with Crippen molar-refractivity contribution in [3.05, 3.63) is 76.6 Å². The lowest BCUT2D eigenvalue weighted by Gasteiger charge is -2.31. The minimum atomic E-state index is -4.63. The van der Waals surface area contributed by atoms with Crippen molar-refractivity contribution in [1.29, 1.82) is 5.26 Å². The van der Waals surface area contributed by atoms with Crippen molar-refractivity contribution >= 4 is 17.5 Å². The van der Waals surface area contributed by atoms with Gasteiger partial charge in [-0.2, -0.15) is 18.4 Å². The monoisotopic (exact) mass is 654 g/mol. The van der Waals surface area contributed by atoms with Gasteiger partial charge in [-0.05, 0) is 102 Å². The van der Waals surface area contributed by atoms with Gasteiger partial charge in [-0.25, -0.2) is 4.98 Å². The maximum Gasteiger partial charge on any atom is 0.416 e. The summed E-state index contributed by atoms with van der Waals surface area (Å²) in [7, 11) is 1.82. The quantitative estimate of drug-likeness (QED) is 0.207. The molecule has 9 nitrogen and oxygen atoms in total. The molecule has 0 radical (unpaired) electrons. The molecule has 48 heavy (non-hydrogen) atoms. The Hall–Kier alpha value is -4.76. The maximum atomic E-state index is 14.6. The highest BCUT2D eigenvalue weighted by atomic mass is 19.4. The Labute approximate surface area is 277 Å². The molecular formula is C36H37F3N8O. The van der Waals surface area contributed by atoms with Crippen LogP contribution in [-0.2, 0) is 26.3 Å². The second kappa shape index (κ2) is 12.7. The Morgan fingerprint density at radius 1 is 1.06 bits per heavy atom. The van der Waals surface area contributed by atoms with E-state index in [2.05, 4.69) is 33.4 Å². The predicted octanol–water partition coefficient (Wildman–Crippen LogP) is 7.04. The van der Waals surface area contributed by atoms with Gasteiger partial charge in [0.2, 0.25) is 0 Å². The Kier molecular flexibility index (Phi) is 8.41. The molecule has 12 heteroatoms. The van der Waals surface area contributed by atoms with Crippen molar-refractivity contribution in [2.75, 3.05) is 29.9 Å². The number of likely N-dealkylation sites (tertiary alicyclic amines) is 1. The molecule has 1 amide bonds. The van der Waals surface area contributed by atoms with Crippen LogP contribution in [0.25, 0.3) is 22.5 Å². The molecular weight excluding hydrogens is 617 g/mol. The number of aromatic nitrogens is 4. The van der Waals surface area contributed by atoms with Gasteiger partial charge in [-0.1, -0.05) is 19.8 Å². The minimum absolute atomic E-state index is 0.0371. The Morgan fingerprint density at radius 2 is 1.90 bits per heavy atom. The van der Waals surface area contributed by atoms with Crippen LogP contribution >= 0.6 is 0 Å². The van der Waals surface area contributed by atoms with Crippen LogP contribution in [0.1, 0.15) is 71.6 Å². The van der Waals surface area contributed by atoms with Gasteiger partial charge in [0, 0.05) is 37.8 Å². The molecule has 1 aliphatic carbocycles. The number of fused-ring (bicyclic) bond motifs is 1. The fraction of sp³-hybridized carbons (Fsp3) is 0.417. The van der Waals surface area contributed by atoms with Crippen molar-refractivity contribution in [3.8, 4) is 28.6 Å². The van der Waals surface area contributed by atoms with E-state index in [9.17, 15) is 23.2 Å². The van der Waals surface area contributed by atoms with E-state index in [0.717, 1.165) is 32.4 Å². The van der Waals surface area contributed by atoms with E-state index in [4.69, 9.17) is 4.98 Å². The number of hydrogen-bond donors (Lipinski definition) is 1. The first kappa shape index (κ1) is 31.8. The topological polar surface area (TPSA) is 103 Å². The van der Waals surface area contributed by atoms with Gasteiger partial charge < -0.3 is 9.88 Å². The number of carbonyl (C=O) groups is 1. The summed E-state index contributed by atoms with van der Waals surface area (Å²) >= 11 is 0. The van der Waals surface area contributed by atoms with Crippen molar-refractivity contribution < 1.29 is 18.0 Å². The molecule has 0 spiro atoms. The normalized spacial score (nSPS) is 18.2. The highest BCUT2D eigenvalue weighted by Gasteiger charge is 2.41. The molecule has 3 aliphatic rings. The van der Waals surface area contributed by atoms with E-state index in [1.165, 1.54) is 23.8 Å². The summed E-state index contributed by atoms with van der Waals surface area (Å²) in [5, 5.41) is 21.4. The number of benzene rings is 2. The van der Waals surface area contributed by atoms with Crippen LogP contribution in [0.5, 0.6) is 0 Å². The number of anilines is 2. The summed E-state index contributed by atoms with van der Waals surface area (Å²) in [6.45, 7) is 4.56. The summed E-state index contributed by atoms with van der Waals surface area (Å²) in [6.07, 6.45) is 2.42. The third-order valence-electron chi connectivity index (χ3n) is 9.61. The Bertz CT molecular complexity index is 1910. The first-order chi connectivity index (χ1) is 23.1. The molecule has 0 unspecified atom stereocenters. The second-order valence-electron chi connectivity index (χ2n) is 13.4. The third kappa shape index (κ3) is 6.52. The standard InChI is InChI=1S/C36H37F3N8O/c1-22-4-3-11-46(18-22)19-25-13-29-30(31(14-25)36(37,38)39)20-47(35(29)48)33-16-26(15-32(43-33)41-10-9-23-5-6-23)28-12-24(17-40)7-8-27(28)34-44-42-21-45(34)2/h7-8,12-16,21-23H,3-6,9-11,18-20H2,1-2H3,(H,41,43)/t22-/m0/s1. The zero-order chi connectivity index (χ0) is 33.6. The molecule has 1 saturated carbocycles. The molecule has 248 valence electrons. The molecule has 1 N–H and O–H groups in total. The summed E-state index contributed by atoms with van der Waals surface area (Å²) in [5.41, 5.74) is 2.17. The maximum absolute atomic E-state index is 14.6. The summed E-state index contributed by atoms with van der Waals surface area (Å²) in [4.78, 5) is 22.3. The number of hydrogen-bond acceptors (Lipinski definition) is 7. The number of carbonyl (C=O) groups excluding carboxylic acids is 1. The van der Waals surface area contributed by atoms with Crippen LogP contribution in [0.4, 0.5) is 24.8 Å². The number of alkyl halides is 3. The number of aryl methyl sites for hydroxylation is 1. The first-order valence-corrected chi connectivity index (χ1v) is 16.5. The highest BCUT2D eigenvalue weighted by Crippen LogP contribution is 2.41. The molecule has 7 rings (SSSR count). The molecule has 1 saturated heterocycles. The van der Waals surface area contributed by atoms with E-state index in [1.54, 1.807) is 41.2 Å². The number of amides is 1. The number of pyridine rings is 1. The molecule has 4 aromatic rings. The van der Waals surface area contributed by atoms with Crippen LogP contribution < -0.4 is 10.2 Å². The zero-order valence-electron chi connectivity index (χ0n) is 27.0. The molecule has 1 atom stereocenters. The molecule has 2 fully saturated rings. The van der Waals surface area contributed by atoms with Crippen LogP contribution in [0.15, 0.2) is 48.8 Å². The van der Waals surface area contributed by atoms with Gasteiger partial charge >= 0.3 is 6.18 Å². The van der Waals surface area contributed by atoms with E-state index >= 15 is 0 Å². The average Bonchev–Trinajstić information content (AvgIpc) is 3.69. The first-order valence-electron chi connectivity index (χ1n) is 16.5. The van der Waals surface area contributed by atoms with Crippen molar-refractivity contribution in [1.82, 2.24) is 24.6 Å². The lowest BCUT2D eigenvalue weighted by Crippen LogP contribution is -2.33. The predicted molar refractivity (Wildman–Crippen MR) is 176 cm³/mol. The van der Waals surface area contributed by atoms with E-state index < -0.39 is 17.6 Å². The number of rotatable bonds is 9. The lowest BCUT2D eigenvalue weighted by atomic mass is 9.96. The van der Waals surface area contributed by atoms with Crippen molar-refractivity contribution in [3.63, 3.8) is 0 Å². The fourth-order valence-electron chi connectivity index (χ4n) is 6.97. The van der Waals surface area contributed by atoms with Crippen LogP contribution in [-0.4, -0.2) is 50.2 Å². The number of nitriles is 1. The van der Waals surface area contributed by atoms with E-state index in [-0.39, 0.29) is 23.5 Å². The Balaban J connectivity index is 1.29. The number of nitrogens with zero attached hydrogens (tertiary/aromatic N) is 7. The number of piperidine rings is 1. The minimum Gasteiger partial charge on any atom is -0.370 e. The molecule has 2 aliphatic heterocycles.